The van der Waals surface area contributed by atoms with Gasteiger partial charge in [0.2, 0.25) is 15.9 Å². The van der Waals surface area contributed by atoms with Gasteiger partial charge in [0.25, 0.3) is 0 Å². The fraction of sp³-hybridized carbons (Fsp3) is 0.364. The molecule has 0 aliphatic carbocycles. The minimum absolute atomic E-state index is 0.197. The van der Waals surface area contributed by atoms with Crippen molar-refractivity contribution in [2.45, 2.75) is 19.1 Å². The highest BCUT2D eigenvalue weighted by Crippen LogP contribution is 2.27. The number of amides is 1. The number of nitrogens with two attached hydrogens (primary N) is 1. The Morgan fingerprint density at radius 1 is 1.39 bits per heavy atom. The summed E-state index contributed by atoms with van der Waals surface area (Å²) in [6.07, 6.45) is 0. The van der Waals surface area contributed by atoms with Crippen LogP contribution in [0.2, 0.25) is 0 Å². The SMILES string of the molecule is COc1ccc(C(N)=O)cc1NS(=O)(=O)C(C)C. The first-order chi connectivity index (χ1) is 8.27. The summed E-state index contributed by atoms with van der Waals surface area (Å²) in [4.78, 5) is 11.1. The molecule has 0 radical (unpaired) electrons. The van der Waals surface area contributed by atoms with E-state index in [1.807, 2.05) is 0 Å². The third-order valence-corrected chi connectivity index (χ3v) is 4.10. The first kappa shape index (κ1) is 14.3. The molecule has 0 bridgehead atoms. The van der Waals surface area contributed by atoms with Crippen LogP contribution < -0.4 is 15.2 Å². The summed E-state index contributed by atoms with van der Waals surface area (Å²) in [6.45, 7) is 3.10. The predicted octanol–water partition coefficient (Wildman–Crippen LogP) is 0.944. The van der Waals surface area contributed by atoms with Gasteiger partial charge in [0.05, 0.1) is 18.0 Å². The van der Waals surface area contributed by atoms with Crippen molar-refractivity contribution in [1.29, 1.82) is 0 Å². The van der Waals surface area contributed by atoms with E-state index in [1.165, 1.54) is 25.3 Å². The second kappa shape index (κ2) is 5.26. The molecule has 0 atom stereocenters. The standard InChI is InChI=1S/C11H16N2O4S/c1-7(2)18(15,16)13-9-6-8(11(12)14)4-5-10(9)17-3/h4-7,13H,1-3H3,(H2,12,14). The maximum absolute atomic E-state index is 11.8. The Morgan fingerprint density at radius 2 is 2.00 bits per heavy atom. The molecule has 100 valence electrons. The normalized spacial score (nSPS) is 11.3. The van der Waals surface area contributed by atoms with Crippen molar-refractivity contribution in [3.8, 4) is 5.75 Å². The Hall–Kier alpha value is -1.76. The quantitative estimate of drug-likeness (QED) is 0.833. The molecule has 7 heteroatoms. The molecule has 1 amide bonds. The second-order valence-corrected chi connectivity index (χ2v) is 6.21. The number of ether oxygens (including phenoxy) is 1. The lowest BCUT2D eigenvalue weighted by molar-refractivity contribution is 0.100. The minimum atomic E-state index is -3.51. The largest absolute Gasteiger partial charge is 0.495 e. The van der Waals surface area contributed by atoms with Gasteiger partial charge in [-0.15, -0.1) is 0 Å². The zero-order valence-corrected chi connectivity index (χ0v) is 11.2. The molecule has 1 aromatic rings. The number of benzene rings is 1. The van der Waals surface area contributed by atoms with Crippen LogP contribution in [-0.2, 0) is 10.0 Å². The molecule has 0 aromatic heterocycles. The number of carbonyl (C=O) groups excluding carboxylic acids is 1. The smallest absolute Gasteiger partial charge is 0.248 e. The molecule has 0 aliphatic heterocycles. The number of primary amides is 1. The number of carbonyl (C=O) groups is 1. The molecule has 0 heterocycles. The number of nitrogens with one attached hydrogen (secondary N) is 1. The Bertz CT molecular complexity index is 552. The molecule has 3 N–H and O–H groups in total. The summed E-state index contributed by atoms with van der Waals surface area (Å²) < 4.78 is 30.9. The maximum atomic E-state index is 11.8. The Kier molecular flexibility index (Phi) is 4.18. The van der Waals surface area contributed by atoms with E-state index < -0.39 is 21.2 Å². The second-order valence-electron chi connectivity index (χ2n) is 3.98. The van der Waals surface area contributed by atoms with E-state index in [-0.39, 0.29) is 11.3 Å². The summed E-state index contributed by atoms with van der Waals surface area (Å²) >= 11 is 0. The van der Waals surface area contributed by atoms with Crippen LogP contribution in [0.15, 0.2) is 18.2 Å². The van der Waals surface area contributed by atoms with Gasteiger partial charge < -0.3 is 10.5 Å². The van der Waals surface area contributed by atoms with Gasteiger partial charge in [0.15, 0.2) is 0 Å². The average molecular weight is 272 g/mol. The van der Waals surface area contributed by atoms with Crippen molar-refractivity contribution in [3.63, 3.8) is 0 Å². The average Bonchev–Trinajstić information content (AvgIpc) is 2.28. The third-order valence-electron chi connectivity index (χ3n) is 2.36. The first-order valence-corrected chi connectivity index (χ1v) is 6.82. The van der Waals surface area contributed by atoms with Crippen LogP contribution in [0.25, 0.3) is 0 Å². The maximum Gasteiger partial charge on any atom is 0.248 e. The van der Waals surface area contributed by atoms with Crippen molar-refractivity contribution >= 4 is 21.6 Å². The Morgan fingerprint density at radius 3 is 2.44 bits per heavy atom. The fourth-order valence-corrected chi connectivity index (χ4v) is 1.91. The van der Waals surface area contributed by atoms with E-state index >= 15 is 0 Å². The van der Waals surface area contributed by atoms with E-state index in [0.29, 0.717) is 5.75 Å². The van der Waals surface area contributed by atoms with Gasteiger partial charge in [0.1, 0.15) is 5.75 Å². The summed E-state index contributed by atoms with van der Waals surface area (Å²) in [6, 6.07) is 4.30. The van der Waals surface area contributed by atoms with Gasteiger partial charge >= 0.3 is 0 Å². The van der Waals surface area contributed by atoms with E-state index in [2.05, 4.69) is 4.72 Å². The van der Waals surface area contributed by atoms with E-state index in [0.717, 1.165) is 0 Å². The number of methoxy groups -OCH3 is 1. The Labute approximate surface area is 106 Å². The molecular weight excluding hydrogens is 256 g/mol. The highest BCUT2D eigenvalue weighted by atomic mass is 32.2. The predicted molar refractivity (Wildman–Crippen MR) is 69.2 cm³/mol. The molecule has 0 fully saturated rings. The van der Waals surface area contributed by atoms with Gasteiger partial charge in [0, 0.05) is 5.56 Å². The number of rotatable bonds is 5. The van der Waals surface area contributed by atoms with Crippen LogP contribution in [0.4, 0.5) is 5.69 Å². The van der Waals surface area contributed by atoms with Crippen LogP contribution in [0.1, 0.15) is 24.2 Å². The lowest BCUT2D eigenvalue weighted by Gasteiger charge is -2.14. The lowest BCUT2D eigenvalue weighted by Crippen LogP contribution is -2.23. The lowest BCUT2D eigenvalue weighted by atomic mass is 10.2. The van der Waals surface area contributed by atoms with Gasteiger partial charge in [-0.05, 0) is 32.0 Å². The molecule has 0 spiro atoms. The van der Waals surface area contributed by atoms with Crippen LogP contribution in [0.3, 0.4) is 0 Å². The van der Waals surface area contributed by atoms with Crippen molar-refractivity contribution in [1.82, 2.24) is 0 Å². The molecule has 0 saturated carbocycles. The zero-order valence-electron chi connectivity index (χ0n) is 10.4. The third kappa shape index (κ3) is 3.13. The van der Waals surface area contributed by atoms with Crippen molar-refractivity contribution in [2.75, 3.05) is 11.8 Å². The molecular formula is C11H16N2O4S. The van der Waals surface area contributed by atoms with Gasteiger partial charge in [-0.2, -0.15) is 0 Å². The summed E-state index contributed by atoms with van der Waals surface area (Å²) in [5.41, 5.74) is 5.54. The van der Waals surface area contributed by atoms with Crippen molar-refractivity contribution in [2.24, 2.45) is 5.73 Å². The summed E-state index contributed by atoms with van der Waals surface area (Å²) in [7, 11) is -2.10. The van der Waals surface area contributed by atoms with E-state index in [9.17, 15) is 13.2 Å². The number of anilines is 1. The molecule has 0 unspecified atom stereocenters. The molecule has 1 rings (SSSR count). The number of sulfonamides is 1. The highest BCUT2D eigenvalue weighted by molar-refractivity contribution is 7.93. The fourth-order valence-electron chi connectivity index (χ4n) is 1.21. The van der Waals surface area contributed by atoms with E-state index in [4.69, 9.17) is 10.5 Å². The molecule has 6 nitrogen and oxygen atoms in total. The highest BCUT2D eigenvalue weighted by Gasteiger charge is 2.18. The molecule has 1 aromatic carbocycles. The van der Waals surface area contributed by atoms with Gasteiger partial charge in [-0.25, -0.2) is 8.42 Å². The summed E-state index contributed by atoms with van der Waals surface area (Å²) in [5, 5.41) is -0.598. The van der Waals surface area contributed by atoms with Crippen molar-refractivity contribution < 1.29 is 17.9 Å². The minimum Gasteiger partial charge on any atom is -0.495 e. The van der Waals surface area contributed by atoms with Crippen LogP contribution >= 0.6 is 0 Å². The topological polar surface area (TPSA) is 98.5 Å². The molecule has 0 aliphatic rings. The van der Waals surface area contributed by atoms with Crippen LogP contribution in [-0.4, -0.2) is 26.7 Å². The summed E-state index contributed by atoms with van der Waals surface area (Å²) in [5.74, 6) is -0.313. The monoisotopic (exact) mass is 272 g/mol. The number of hydrogen-bond acceptors (Lipinski definition) is 4. The Balaban J connectivity index is 3.21. The van der Waals surface area contributed by atoms with E-state index in [1.54, 1.807) is 13.8 Å². The molecule has 0 saturated heterocycles. The zero-order chi connectivity index (χ0) is 13.9. The first-order valence-electron chi connectivity index (χ1n) is 5.27. The number of hydrogen-bond donors (Lipinski definition) is 2. The van der Waals surface area contributed by atoms with Gasteiger partial charge in [-0.3, -0.25) is 9.52 Å². The van der Waals surface area contributed by atoms with Gasteiger partial charge in [-0.1, -0.05) is 0 Å². The van der Waals surface area contributed by atoms with Crippen molar-refractivity contribution in [3.05, 3.63) is 23.8 Å². The molecule has 18 heavy (non-hydrogen) atoms. The van der Waals surface area contributed by atoms with Crippen LogP contribution in [0.5, 0.6) is 5.75 Å². The van der Waals surface area contributed by atoms with Crippen LogP contribution in [0, 0.1) is 0 Å².